The summed E-state index contributed by atoms with van der Waals surface area (Å²) in [4.78, 5) is 15.6. The van der Waals surface area contributed by atoms with Gasteiger partial charge in [0.1, 0.15) is 5.82 Å². The predicted molar refractivity (Wildman–Crippen MR) is 69.0 cm³/mol. The van der Waals surface area contributed by atoms with E-state index < -0.39 is 5.82 Å². The molecule has 0 aliphatic carbocycles. The molecular formula is C14H9ClFNO. The van der Waals surface area contributed by atoms with Crippen LogP contribution in [-0.4, -0.2) is 10.8 Å². The summed E-state index contributed by atoms with van der Waals surface area (Å²) in [6.45, 7) is 0. The fraction of sp³-hybridized carbons (Fsp3) is 0. The van der Waals surface area contributed by atoms with Gasteiger partial charge < -0.3 is 0 Å². The Kier molecular flexibility index (Phi) is 3.85. The van der Waals surface area contributed by atoms with Crippen LogP contribution < -0.4 is 0 Å². The standard InChI is InChI=1S/C14H9ClFNO/c15-12-4-1-5-13(16)11(12)6-7-14(18)10-3-2-8-17-9-10/h1-9H. The van der Waals surface area contributed by atoms with Crippen LogP contribution in [0.15, 0.2) is 48.8 Å². The van der Waals surface area contributed by atoms with Gasteiger partial charge in [-0.05, 0) is 36.4 Å². The molecule has 0 aliphatic rings. The van der Waals surface area contributed by atoms with Crippen LogP contribution in [-0.2, 0) is 0 Å². The first-order valence-electron chi connectivity index (χ1n) is 5.25. The molecule has 1 aromatic carbocycles. The van der Waals surface area contributed by atoms with Crippen LogP contribution in [0, 0.1) is 5.82 Å². The number of benzene rings is 1. The van der Waals surface area contributed by atoms with Crippen LogP contribution in [0.3, 0.4) is 0 Å². The molecule has 0 N–H and O–H groups in total. The number of carbonyl (C=O) groups excluding carboxylic acids is 1. The van der Waals surface area contributed by atoms with Crippen LogP contribution in [0.2, 0.25) is 5.02 Å². The van der Waals surface area contributed by atoms with Crippen LogP contribution >= 0.6 is 11.6 Å². The first-order chi connectivity index (χ1) is 8.68. The van der Waals surface area contributed by atoms with Crippen molar-refractivity contribution in [1.82, 2.24) is 4.98 Å². The third-order valence-electron chi connectivity index (χ3n) is 2.35. The van der Waals surface area contributed by atoms with E-state index in [0.717, 1.165) is 0 Å². The fourth-order valence-corrected chi connectivity index (χ4v) is 1.66. The summed E-state index contributed by atoms with van der Waals surface area (Å²) in [6, 6.07) is 7.68. The summed E-state index contributed by atoms with van der Waals surface area (Å²) in [5, 5.41) is 0.269. The fourth-order valence-electron chi connectivity index (χ4n) is 1.43. The highest BCUT2D eigenvalue weighted by Gasteiger charge is 2.05. The highest BCUT2D eigenvalue weighted by molar-refractivity contribution is 6.32. The topological polar surface area (TPSA) is 30.0 Å². The van der Waals surface area contributed by atoms with Crippen molar-refractivity contribution in [2.24, 2.45) is 0 Å². The van der Waals surface area contributed by atoms with Crippen molar-refractivity contribution in [3.05, 3.63) is 70.8 Å². The van der Waals surface area contributed by atoms with Gasteiger partial charge in [0.25, 0.3) is 0 Å². The highest BCUT2D eigenvalue weighted by atomic mass is 35.5. The Morgan fingerprint density at radius 2 is 2.11 bits per heavy atom. The summed E-state index contributed by atoms with van der Waals surface area (Å²) in [7, 11) is 0. The molecule has 90 valence electrons. The van der Waals surface area contributed by atoms with Crippen LogP contribution in [0.4, 0.5) is 4.39 Å². The first-order valence-corrected chi connectivity index (χ1v) is 5.63. The summed E-state index contributed by atoms with van der Waals surface area (Å²) in [6.07, 6.45) is 5.68. The molecule has 2 rings (SSSR count). The zero-order valence-corrected chi connectivity index (χ0v) is 10.1. The molecule has 1 heterocycles. The van der Waals surface area contributed by atoms with Crippen molar-refractivity contribution < 1.29 is 9.18 Å². The van der Waals surface area contributed by atoms with Gasteiger partial charge in [0.2, 0.25) is 0 Å². The van der Waals surface area contributed by atoms with E-state index in [1.54, 1.807) is 24.4 Å². The minimum Gasteiger partial charge on any atom is -0.289 e. The number of pyridine rings is 1. The average molecular weight is 262 g/mol. The van der Waals surface area contributed by atoms with E-state index in [4.69, 9.17) is 11.6 Å². The maximum absolute atomic E-state index is 13.4. The monoisotopic (exact) mass is 261 g/mol. The molecule has 2 aromatic rings. The van der Waals surface area contributed by atoms with Gasteiger partial charge in [0, 0.05) is 23.5 Å². The number of carbonyl (C=O) groups is 1. The minimum absolute atomic E-state index is 0.205. The van der Waals surface area contributed by atoms with Crippen molar-refractivity contribution in [2.45, 2.75) is 0 Å². The number of hydrogen-bond acceptors (Lipinski definition) is 2. The molecule has 0 radical (unpaired) electrons. The second kappa shape index (κ2) is 5.56. The molecular weight excluding hydrogens is 253 g/mol. The van der Waals surface area contributed by atoms with Crippen LogP contribution in [0.25, 0.3) is 6.08 Å². The number of ketones is 1. The average Bonchev–Trinajstić information content (AvgIpc) is 2.39. The Morgan fingerprint density at radius 1 is 1.28 bits per heavy atom. The molecule has 0 saturated carbocycles. The third-order valence-corrected chi connectivity index (χ3v) is 2.68. The smallest absolute Gasteiger partial charge is 0.187 e. The maximum atomic E-state index is 13.4. The molecule has 0 aliphatic heterocycles. The Labute approximate surface area is 109 Å². The molecule has 0 saturated heterocycles. The Balaban J connectivity index is 2.24. The van der Waals surface area contributed by atoms with Crippen molar-refractivity contribution in [1.29, 1.82) is 0 Å². The van der Waals surface area contributed by atoms with Gasteiger partial charge in [-0.25, -0.2) is 4.39 Å². The molecule has 0 atom stereocenters. The number of hydrogen-bond donors (Lipinski definition) is 0. The summed E-state index contributed by atoms with van der Waals surface area (Å²) < 4.78 is 13.4. The zero-order valence-electron chi connectivity index (χ0n) is 9.31. The van der Waals surface area contributed by atoms with E-state index in [2.05, 4.69) is 4.98 Å². The highest BCUT2D eigenvalue weighted by Crippen LogP contribution is 2.20. The van der Waals surface area contributed by atoms with E-state index in [1.807, 2.05) is 0 Å². The lowest BCUT2D eigenvalue weighted by atomic mass is 10.1. The van der Waals surface area contributed by atoms with E-state index in [-0.39, 0.29) is 16.4 Å². The molecule has 0 fully saturated rings. The Hall–Kier alpha value is -2.00. The number of rotatable bonds is 3. The van der Waals surface area contributed by atoms with E-state index in [1.165, 1.54) is 30.5 Å². The van der Waals surface area contributed by atoms with Crippen molar-refractivity contribution in [3.63, 3.8) is 0 Å². The zero-order chi connectivity index (χ0) is 13.0. The van der Waals surface area contributed by atoms with Crippen molar-refractivity contribution >= 4 is 23.5 Å². The van der Waals surface area contributed by atoms with Gasteiger partial charge in [-0.2, -0.15) is 0 Å². The Morgan fingerprint density at radius 3 is 2.78 bits per heavy atom. The van der Waals surface area contributed by atoms with E-state index in [9.17, 15) is 9.18 Å². The predicted octanol–water partition coefficient (Wildman–Crippen LogP) is 3.77. The number of halogens is 2. The first kappa shape index (κ1) is 12.5. The van der Waals surface area contributed by atoms with Gasteiger partial charge in [-0.1, -0.05) is 17.7 Å². The van der Waals surface area contributed by atoms with Gasteiger partial charge >= 0.3 is 0 Å². The van der Waals surface area contributed by atoms with Crippen LogP contribution in [0.1, 0.15) is 15.9 Å². The number of nitrogens with zero attached hydrogens (tertiary/aromatic N) is 1. The minimum atomic E-state index is -0.460. The lowest BCUT2D eigenvalue weighted by Gasteiger charge is -1.99. The maximum Gasteiger partial charge on any atom is 0.187 e. The van der Waals surface area contributed by atoms with Gasteiger partial charge in [-0.15, -0.1) is 0 Å². The van der Waals surface area contributed by atoms with Gasteiger partial charge in [0.05, 0.1) is 5.02 Å². The number of allylic oxidation sites excluding steroid dienone is 1. The summed E-state index contributed by atoms with van der Waals surface area (Å²) in [5.74, 6) is -0.708. The van der Waals surface area contributed by atoms with Crippen molar-refractivity contribution in [3.8, 4) is 0 Å². The van der Waals surface area contributed by atoms with Gasteiger partial charge in [0.15, 0.2) is 5.78 Å². The summed E-state index contributed by atoms with van der Waals surface area (Å²) >= 11 is 5.84. The molecule has 1 aromatic heterocycles. The molecule has 0 amide bonds. The van der Waals surface area contributed by atoms with Crippen molar-refractivity contribution in [2.75, 3.05) is 0 Å². The lowest BCUT2D eigenvalue weighted by molar-refractivity contribution is 0.104. The second-order valence-corrected chi connectivity index (χ2v) is 3.98. The van der Waals surface area contributed by atoms with E-state index in [0.29, 0.717) is 5.56 Å². The second-order valence-electron chi connectivity index (χ2n) is 3.57. The third kappa shape index (κ3) is 2.81. The van der Waals surface area contributed by atoms with E-state index >= 15 is 0 Å². The quantitative estimate of drug-likeness (QED) is 0.622. The molecule has 0 unspecified atom stereocenters. The largest absolute Gasteiger partial charge is 0.289 e. The molecule has 2 nitrogen and oxygen atoms in total. The molecule has 0 bridgehead atoms. The van der Waals surface area contributed by atoms with Crippen LogP contribution in [0.5, 0.6) is 0 Å². The molecule has 18 heavy (non-hydrogen) atoms. The summed E-state index contributed by atoms with van der Waals surface area (Å²) in [5.41, 5.74) is 0.651. The normalized spacial score (nSPS) is 10.8. The molecule has 4 heteroatoms. The lowest BCUT2D eigenvalue weighted by Crippen LogP contribution is -1.94. The molecule has 0 spiro atoms. The van der Waals surface area contributed by atoms with Gasteiger partial charge in [-0.3, -0.25) is 9.78 Å². The SMILES string of the molecule is O=C(C=Cc1c(F)cccc1Cl)c1cccnc1. The Bertz CT molecular complexity index is 576. The number of aromatic nitrogens is 1.